The highest BCUT2D eigenvalue weighted by molar-refractivity contribution is 5.66. The van der Waals surface area contributed by atoms with Gasteiger partial charge in [0.05, 0.1) is 18.4 Å². The zero-order valence-corrected chi connectivity index (χ0v) is 10.1. The van der Waals surface area contributed by atoms with Crippen LogP contribution in [0.2, 0.25) is 0 Å². The van der Waals surface area contributed by atoms with E-state index in [2.05, 4.69) is 4.98 Å². The van der Waals surface area contributed by atoms with Gasteiger partial charge in [-0.2, -0.15) is 0 Å². The summed E-state index contributed by atoms with van der Waals surface area (Å²) in [4.78, 5) is 14.8. The molecule has 6 nitrogen and oxygen atoms in total. The van der Waals surface area contributed by atoms with E-state index in [1.54, 1.807) is 10.9 Å². The fourth-order valence-corrected chi connectivity index (χ4v) is 1.91. The molecule has 0 saturated heterocycles. The number of aromatic nitrogens is 2. The zero-order chi connectivity index (χ0) is 13.2. The normalized spacial score (nSPS) is 12.6. The summed E-state index contributed by atoms with van der Waals surface area (Å²) in [5.74, 6) is 0.616. The fourth-order valence-electron chi connectivity index (χ4n) is 1.91. The Morgan fingerprint density at radius 1 is 1.37 bits per heavy atom. The lowest BCUT2D eigenvalue weighted by molar-refractivity contribution is -0.137. The van der Waals surface area contributed by atoms with Gasteiger partial charge < -0.3 is 19.1 Å². The molecule has 0 fully saturated rings. The minimum Gasteiger partial charge on any atom is -0.481 e. The highest BCUT2D eigenvalue weighted by Gasteiger charge is 2.14. The first-order chi connectivity index (χ1) is 9.22. The number of ether oxygens (including phenoxy) is 2. The van der Waals surface area contributed by atoms with Crippen molar-refractivity contribution in [3.05, 3.63) is 30.7 Å². The average Bonchev–Trinajstić information content (AvgIpc) is 3.04. The van der Waals surface area contributed by atoms with Crippen molar-refractivity contribution < 1.29 is 19.4 Å². The number of nitrogens with zero attached hydrogens (tertiary/aromatic N) is 2. The second kappa shape index (κ2) is 4.64. The van der Waals surface area contributed by atoms with Crippen LogP contribution in [0.1, 0.15) is 6.42 Å². The van der Waals surface area contributed by atoms with Crippen molar-refractivity contribution in [2.75, 3.05) is 6.79 Å². The molecule has 1 aromatic carbocycles. The first kappa shape index (κ1) is 11.6. The maximum absolute atomic E-state index is 10.5. The zero-order valence-electron chi connectivity index (χ0n) is 10.1. The number of carboxylic acids is 1. The van der Waals surface area contributed by atoms with Crippen molar-refractivity contribution in [1.82, 2.24) is 9.55 Å². The largest absolute Gasteiger partial charge is 0.481 e. The van der Waals surface area contributed by atoms with Crippen molar-refractivity contribution in [1.29, 1.82) is 0 Å². The number of hydrogen-bond donors (Lipinski definition) is 1. The maximum atomic E-state index is 10.5. The summed E-state index contributed by atoms with van der Waals surface area (Å²) in [6.07, 6.45) is 3.53. The van der Waals surface area contributed by atoms with E-state index in [-0.39, 0.29) is 13.2 Å². The van der Waals surface area contributed by atoms with Crippen LogP contribution < -0.4 is 9.47 Å². The topological polar surface area (TPSA) is 73.6 Å². The van der Waals surface area contributed by atoms with Gasteiger partial charge in [0.2, 0.25) is 6.79 Å². The van der Waals surface area contributed by atoms with Gasteiger partial charge in [0.15, 0.2) is 11.5 Å². The third-order valence-corrected chi connectivity index (χ3v) is 2.89. The summed E-state index contributed by atoms with van der Waals surface area (Å²) in [6, 6.07) is 5.61. The van der Waals surface area contributed by atoms with Gasteiger partial charge >= 0.3 is 5.97 Å². The average molecular weight is 260 g/mol. The monoisotopic (exact) mass is 260 g/mol. The number of benzene rings is 1. The van der Waals surface area contributed by atoms with Gasteiger partial charge in [0.25, 0.3) is 0 Å². The molecule has 19 heavy (non-hydrogen) atoms. The van der Waals surface area contributed by atoms with Crippen LogP contribution in [-0.4, -0.2) is 27.4 Å². The molecule has 0 bridgehead atoms. The third-order valence-electron chi connectivity index (χ3n) is 2.89. The van der Waals surface area contributed by atoms with Gasteiger partial charge in [-0.25, -0.2) is 4.98 Å². The number of imidazole rings is 1. The second-order valence-electron chi connectivity index (χ2n) is 4.21. The van der Waals surface area contributed by atoms with Gasteiger partial charge in [-0.3, -0.25) is 4.79 Å². The smallest absolute Gasteiger partial charge is 0.305 e. The molecular formula is C13H12N2O4. The predicted octanol–water partition coefficient (Wildman–Crippen LogP) is 1.75. The Kier molecular flexibility index (Phi) is 2.83. The molecule has 3 rings (SSSR count). The van der Waals surface area contributed by atoms with Gasteiger partial charge in [0, 0.05) is 18.3 Å². The lowest BCUT2D eigenvalue weighted by atomic mass is 10.1. The van der Waals surface area contributed by atoms with E-state index in [0.717, 1.165) is 17.0 Å². The van der Waals surface area contributed by atoms with Crippen LogP contribution in [0.3, 0.4) is 0 Å². The highest BCUT2D eigenvalue weighted by Crippen LogP contribution is 2.35. The molecule has 0 spiro atoms. The first-order valence-electron chi connectivity index (χ1n) is 5.86. The van der Waals surface area contributed by atoms with Crippen LogP contribution in [0.5, 0.6) is 11.5 Å². The van der Waals surface area contributed by atoms with E-state index >= 15 is 0 Å². The van der Waals surface area contributed by atoms with Gasteiger partial charge in [0.1, 0.15) is 0 Å². The van der Waals surface area contributed by atoms with Crippen molar-refractivity contribution >= 4 is 5.97 Å². The van der Waals surface area contributed by atoms with Crippen molar-refractivity contribution in [2.45, 2.75) is 13.0 Å². The van der Waals surface area contributed by atoms with Crippen LogP contribution in [0.4, 0.5) is 0 Å². The first-order valence-corrected chi connectivity index (χ1v) is 5.86. The molecule has 1 aliphatic rings. The Morgan fingerprint density at radius 2 is 2.21 bits per heavy atom. The Morgan fingerprint density at radius 3 is 3.05 bits per heavy atom. The number of hydrogen-bond acceptors (Lipinski definition) is 4. The summed E-state index contributed by atoms with van der Waals surface area (Å²) in [7, 11) is 0. The van der Waals surface area contributed by atoms with Gasteiger partial charge in [-0.15, -0.1) is 0 Å². The van der Waals surface area contributed by atoms with E-state index < -0.39 is 5.97 Å². The van der Waals surface area contributed by atoms with Crippen LogP contribution in [0, 0.1) is 0 Å². The van der Waals surface area contributed by atoms with E-state index in [4.69, 9.17) is 14.6 Å². The molecular weight excluding hydrogens is 248 g/mol. The summed E-state index contributed by atoms with van der Waals surface area (Å²) in [5, 5.41) is 8.64. The minimum atomic E-state index is -0.821. The molecule has 1 N–H and O–H groups in total. The predicted molar refractivity (Wildman–Crippen MR) is 66.0 cm³/mol. The number of carbonyl (C=O) groups is 1. The number of fused-ring (bicyclic) bond motifs is 1. The van der Waals surface area contributed by atoms with E-state index in [1.165, 1.54) is 0 Å². The Labute approximate surface area is 109 Å². The van der Waals surface area contributed by atoms with Crippen molar-refractivity contribution in [3.8, 4) is 22.8 Å². The lowest BCUT2D eigenvalue weighted by Gasteiger charge is -2.00. The van der Waals surface area contributed by atoms with Crippen LogP contribution in [0.25, 0.3) is 11.3 Å². The molecule has 0 amide bonds. The summed E-state index contributed by atoms with van der Waals surface area (Å²) in [6.45, 7) is 0.652. The second-order valence-corrected chi connectivity index (χ2v) is 4.21. The molecule has 0 atom stereocenters. The maximum Gasteiger partial charge on any atom is 0.305 e. The Balaban J connectivity index is 1.80. The number of aliphatic carboxylic acids is 1. The summed E-state index contributed by atoms with van der Waals surface area (Å²) < 4.78 is 12.3. The molecule has 0 aliphatic carbocycles. The Bertz CT molecular complexity index is 621. The molecule has 0 unspecified atom stereocenters. The number of carboxylic acid groups (broad SMARTS) is 1. The lowest BCUT2D eigenvalue weighted by Crippen LogP contribution is -2.02. The van der Waals surface area contributed by atoms with Gasteiger partial charge in [-0.05, 0) is 18.2 Å². The quantitative estimate of drug-likeness (QED) is 0.906. The van der Waals surface area contributed by atoms with Crippen LogP contribution >= 0.6 is 0 Å². The SMILES string of the molecule is O=C(O)CCn1cnc(-c2ccc3c(c2)OCO3)c1. The number of aryl methyl sites for hydroxylation is 1. The minimum absolute atomic E-state index is 0.0803. The molecule has 1 aliphatic heterocycles. The van der Waals surface area contributed by atoms with Crippen molar-refractivity contribution in [2.24, 2.45) is 0 Å². The van der Waals surface area contributed by atoms with Crippen LogP contribution in [0.15, 0.2) is 30.7 Å². The third kappa shape index (κ3) is 2.37. The molecule has 0 saturated carbocycles. The Hall–Kier alpha value is -2.50. The van der Waals surface area contributed by atoms with E-state index in [9.17, 15) is 4.79 Å². The molecule has 2 aromatic rings. The van der Waals surface area contributed by atoms with E-state index in [1.807, 2.05) is 24.4 Å². The van der Waals surface area contributed by atoms with Crippen molar-refractivity contribution in [3.63, 3.8) is 0 Å². The molecule has 98 valence electrons. The van der Waals surface area contributed by atoms with Crippen LogP contribution in [-0.2, 0) is 11.3 Å². The molecule has 1 aromatic heterocycles. The molecule has 2 heterocycles. The highest BCUT2D eigenvalue weighted by atomic mass is 16.7. The summed E-state index contributed by atoms with van der Waals surface area (Å²) in [5.41, 5.74) is 1.70. The summed E-state index contributed by atoms with van der Waals surface area (Å²) >= 11 is 0. The van der Waals surface area contributed by atoms with E-state index in [0.29, 0.717) is 12.3 Å². The number of rotatable bonds is 4. The molecule has 0 radical (unpaired) electrons. The fraction of sp³-hybridized carbons (Fsp3) is 0.231. The van der Waals surface area contributed by atoms with Gasteiger partial charge in [-0.1, -0.05) is 0 Å². The standard InChI is InChI=1S/C13H12N2O4/c16-13(17)3-4-15-6-10(14-7-15)9-1-2-11-12(5-9)19-8-18-11/h1-2,5-7H,3-4,8H2,(H,16,17). The molecule has 6 heteroatoms.